The lowest BCUT2D eigenvalue weighted by Crippen LogP contribution is -1.92. The third-order valence-electron chi connectivity index (χ3n) is 2.24. The van der Waals surface area contributed by atoms with Crippen LogP contribution in [0, 0.1) is 11.3 Å². The Kier molecular flexibility index (Phi) is 3.61. The largest absolute Gasteiger partial charge is 0.453 e. The van der Waals surface area contributed by atoms with Gasteiger partial charge in [-0.15, -0.1) is 0 Å². The van der Waals surface area contributed by atoms with Crippen molar-refractivity contribution in [2.45, 2.75) is 0 Å². The Balaban J connectivity index is 2.44. The molecule has 0 heterocycles. The van der Waals surface area contributed by atoms with E-state index in [9.17, 15) is 0 Å². The molecule has 0 aliphatic heterocycles. The SMILES string of the molecule is N#Cc1ccccc1Oc1c(Cl)cc(N)cc1Cl. The average molecular weight is 279 g/mol. The van der Waals surface area contributed by atoms with Gasteiger partial charge >= 0.3 is 0 Å². The summed E-state index contributed by atoms with van der Waals surface area (Å²) < 4.78 is 5.58. The molecule has 0 saturated heterocycles. The van der Waals surface area contributed by atoms with E-state index in [2.05, 4.69) is 0 Å². The molecule has 2 aromatic rings. The minimum Gasteiger partial charge on any atom is -0.453 e. The molecule has 0 spiro atoms. The number of nitrogen functional groups attached to an aromatic ring is 1. The van der Waals surface area contributed by atoms with E-state index in [0.717, 1.165) is 0 Å². The summed E-state index contributed by atoms with van der Waals surface area (Å²) in [5.41, 5.74) is 6.46. The number of benzene rings is 2. The van der Waals surface area contributed by atoms with Crippen LogP contribution in [-0.4, -0.2) is 0 Å². The van der Waals surface area contributed by atoms with E-state index < -0.39 is 0 Å². The number of halogens is 2. The molecule has 0 aliphatic rings. The molecule has 2 rings (SSSR count). The highest BCUT2D eigenvalue weighted by molar-refractivity contribution is 6.37. The smallest absolute Gasteiger partial charge is 0.164 e. The lowest BCUT2D eigenvalue weighted by molar-refractivity contribution is 0.481. The fraction of sp³-hybridized carbons (Fsp3) is 0. The average Bonchev–Trinajstić information content (AvgIpc) is 2.34. The maximum Gasteiger partial charge on any atom is 0.164 e. The summed E-state index contributed by atoms with van der Waals surface area (Å²) in [5, 5.41) is 9.56. The molecule has 90 valence electrons. The van der Waals surface area contributed by atoms with Gasteiger partial charge in [0.25, 0.3) is 0 Å². The number of hydrogen-bond donors (Lipinski definition) is 1. The Hall–Kier alpha value is -1.89. The number of rotatable bonds is 2. The van der Waals surface area contributed by atoms with Gasteiger partial charge in [-0.25, -0.2) is 0 Å². The van der Waals surface area contributed by atoms with E-state index in [4.69, 9.17) is 38.9 Å². The second-order valence-corrected chi connectivity index (χ2v) is 4.34. The zero-order valence-electron chi connectivity index (χ0n) is 9.15. The fourth-order valence-corrected chi connectivity index (χ4v) is 2.02. The first-order valence-corrected chi connectivity index (χ1v) is 5.79. The van der Waals surface area contributed by atoms with Crippen molar-refractivity contribution in [3.05, 3.63) is 52.0 Å². The number of nitrogens with two attached hydrogens (primary N) is 1. The zero-order valence-corrected chi connectivity index (χ0v) is 10.7. The van der Waals surface area contributed by atoms with Crippen LogP contribution in [0.4, 0.5) is 5.69 Å². The second-order valence-electron chi connectivity index (χ2n) is 3.52. The molecule has 0 aliphatic carbocycles. The standard InChI is InChI=1S/C13H8Cl2N2O/c14-10-5-9(17)6-11(15)13(10)18-12-4-2-1-3-8(12)7-16/h1-6H,17H2. The molecule has 0 amide bonds. The van der Waals surface area contributed by atoms with Gasteiger partial charge in [0.2, 0.25) is 0 Å². The minimum atomic E-state index is 0.287. The Morgan fingerprint density at radius 2 is 1.72 bits per heavy atom. The van der Waals surface area contributed by atoms with Crippen LogP contribution in [0.3, 0.4) is 0 Å². The highest BCUT2D eigenvalue weighted by Gasteiger charge is 2.11. The summed E-state index contributed by atoms with van der Waals surface area (Å²) in [4.78, 5) is 0. The number of ether oxygens (including phenoxy) is 1. The molecule has 0 radical (unpaired) electrons. The number of nitrogens with zero attached hydrogens (tertiary/aromatic N) is 1. The predicted molar refractivity (Wildman–Crippen MR) is 72.1 cm³/mol. The summed E-state index contributed by atoms with van der Waals surface area (Å²) in [6, 6.07) is 11.9. The highest BCUT2D eigenvalue weighted by atomic mass is 35.5. The lowest BCUT2D eigenvalue weighted by atomic mass is 10.2. The van der Waals surface area contributed by atoms with Gasteiger partial charge in [0.15, 0.2) is 5.75 Å². The summed E-state index contributed by atoms with van der Waals surface area (Å²) >= 11 is 12.0. The zero-order chi connectivity index (χ0) is 13.1. The van der Waals surface area contributed by atoms with Crippen molar-refractivity contribution in [3.63, 3.8) is 0 Å². The van der Waals surface area contributed by atoms with Gasteiger partial charge in [-0.2, -0.15) is 5.26 Å². The van der Waals surface area contributed by atoms with Crippen LogP contribution in [0.25, 0.3) is 0 Å². The molecule has 0 saturated carbocycles. The molecule has 0 atom stereocenters. The molecule has 3 nitrogen and oxygen atoms in total. The lowest BCUT2D eigenvalue weighted by Gasteiger charge is -2.11. The normalized spacial score (nSPS) is 9.83. The molecule has 2 N–H and O–H groups in total. The fourth-order valence-electron chi connectivity index (χ4n) is 1.43. The van der Waals surface area contributed by atoms with Crippen molar-refractivity contribution in [1.29, 1.82) is 5.26 Å². The predicted octanol–water partition coefficient (Wildman–Crippen LogP) is 4.24. The highest BCUT2D eigenvalue weighted by Crippen LogP contribution is 2.38. The minimum absolute atomic E-state index is 0.287. The van der Waals surface area contributed by atoms with Gasteiger partial charge in [0.1, 0.15) is 11.8 Å². The Morgan fingerprint density at radius 1 is 1.11 bits per heavy atom. The van der Waals surface area contributed by atoms with Crippen LogP contribution in [0.2, 0.25) is 10.0 Å². The van der Waals surface area contributed by atoms with Gasteiger partial charge in [0.05, 0.1) is 15.6 Å². The Bertz CT molecular complexity index is 612. The van der Waals surface area contributed by atoms with Crippen molar-refractivity contribution >= 4 is 28.9 Å². The van der Waals surface area contributed by atoms with Crippen molar-refractivity contribution in [3.8, 4) is 17.6 Å². The summed E-state index contributed by atoms with van der Waals surface area (Å²) in [6.45, 7) is 0. The number of hydrogen-bond acceptors (Lipinski definition) is 3. The van der Waals surface area contributed by atoms with Crippen LogP contribution in [0.5, 0.6) is 11.5 Å². The van der Waals surface area contributed by atoms with Crippen LogP contribution in [0.15, 0.2) is 36.4 Å². The number of nitriles is 1. The van der Waals surface area contributed by atoms with Crippen molar-refractivity contribution in [2.24, 2.45) is 0 Å². The molecule has 0 bridgehead atoms. The quantitative estimate of drug-likeness (QED) is 0.836. The maximum atomic E-state index is 8.96. The Morgan fingerprint density at radius 3 is 2.33 bits per heavy atom. The van der Waals surface area contributed by atoms with Gasteiger partial charge < -0.3 is 10.5 Å². The molecular formula is C13H8Cl2N2O. The molecule has 5 heteroatoms. The van der Waals surface area contributed by atoms with Crippen LogP contribution < -0.4 is 10.5 Å². The van der Waals surface area contributed by atoms with Gasteiger partial charge in [-0.05, 0) is 24.3 Å². The Labute approximate surface area is 114 Å². The van der Waals surface area contributed by atoms with Gasteiger partial charge in [-0.3, -0.25) is 0 Å². The van der Waals surface area contributed by atoms with Crippen molar-refractivity contribution in [1.82, 2.24) is 0 Å². The van der Waals surface area contributed by atoms with Crippen molar-refractivity contribution in [2.75, 3.05) is 5.73 Å². The van der Waals surface area contributed by atoms with Crippen LogP contribution >= 0.6 is 23.2 Å². The van der Waals surface area contributed by atoms with Gasteiger partial charge in [0, 0.05) is 5.69 Å². The molecule has 0 aromatic heterocycles. The second kappa shape index (κ2) is 5.18. The van der Waals surface area contributed by atoms with E-state index in [-0.39, 0.29) is 5.75 Å². The van der Waals surface area contributed by atoms with Crippen LogP contribution in [-0.2, 0) is 0 Å². The van der Waals surface area contributed by atoms with Crippen LogP contribution in [0.1, 0.15) is 5.56 Å². The molecule has 0 fully saturated rings. The van der Waals surface area contributed by atoms with E-state index in [1.54, 1.807) is 24.3 Å². The number of anilines is 1. The monoisotopic (exact) mass is 278 g/mol. The maximum absolute atomic E-state index is 8.96. The van der Waals surface area contributed by atoms with E-state index in [1.807, 2.05) is 6.07 Å². The summed E-state index contributed by atoms with van der Waals surface area (Å²) in [6.07, 6.45) is 0. The van der Waals surface area contributed by atoms with E-state index in [0.29, 0.717) is 27.0 Å². The molecule has 2 aromatic carbocycles. The first-order valence-electron chi connectivity index (χ1n) is 5.03. The van der Waals surface area contributed by atoms with E-state index >= 15 is 0 Å². The summed E-state index contributed by atoms with van der Waals surface area (Å²) in [5.74, 6) is 0.684. The topological polar surface area (TPSA) is 59.0 Å². The van der Waals surface area contributed by atoms with Gasteiger partial charge in [-0.1, -0.05) is 35.3 Å². The first-order chi connectivity index (χ1) is 8.61. The third kappa shape index (κ3) is 2.51. The van der Waals surface area contributed by atoms with E-state index in [1.165, 1.54) is 12.1 Å². The van der Waals surface area contributed by atoms with Crippen molar-refractivity contribution < 1.29 is 4.74 Å². The molecule has 0 unspecified atom stereocenters. The number of para-hydroxylation sites is 1. The molecular weight excluding hydrogens is 271 g/mol. The summed E-state index contributed by atoms with van der Waals surface area (Å²) in [7, 11) is 0. The third-order valence-corrected chi connectivity index (χ3v) is 2.80. The molecule has 18 heavy (non-hydrogen) atoms. The first kappa shape index (κ1) is 12.6.